The van der Waals surface area contributed by atoms with Crippen molar-refractivity contribution in [2.24, 2.45) is 7.05 Å². The van der Waals surface area contributed by atoms with Gasteiger partial charge in [-0.05, 0) is 26.0 Å². The fourth-order valence-corrected chi connectivity index (χ4v) is 3.67. The number of imidazole rings is 1. The molecule has 2 heterocycles. The van der Waals surface area contributed by atoms with Crippen LogP contribution in [0.4, 0.5) is 0 Å². The van der Waals surface area contributed by atoms with E-state index >= 15 is 0 Å². The first-order chi connectivity index (χ1) is 12.9. The number of quaternary nitrogens is 1. The predicted octanol–water partition coefficient (Wildman–Crippen LogP) is 1.20. The summed E-state index contributed by atoms with van der Waals surface area (Å²) in [5.41, 5.74) is 0.451. The molecule has 2 N–H and O–H groups in total. The topological polar surface area (TPSA) is 77.1 Å². The molecule has 1 aromatic carbocycles. The third-order valence-corrected chi connectivity index (χ3v) is 5.58. The van der Waals surface area contributed by atoms with Gasteiger partial charge in [0, 0.05) is 22.7 Å². The third kappa shape index (κ3) is 3.67. The van der Waals surface area contributed by atoms with Crippen molar-refractivity contribution in [2.75, 3.05) is 13.1 Å². The van der Waals surface area contributed by atoms with Crippen molar-refractivity contribution in [3.05, 3.63) is 60.5 Å². The van der Waals surface area contributed by atoms with E-state index in [2.05, 4.69) is 23.8 Å². The monoisotopic (exact) mass is 410 g/mol. The summed E-state index contributed by atoms with van der Waals surface area (Å²) in [6, 6.07) is 5.30. The van der Waals surface area contributed by atoms with E-state index in [1.807, 2.05) is 4.57 Å². The number of hydrogen-bond donors (Lipinski definition) is 2. The van der Waals surface area contributed by atoms with Crippen LogP contribution in [0.3, 0.4) is 0 Å². The van der Waals surface area contributed by atoms with Crippen molar-refractivity contribution < 1.29 is 4.90 Å². The molecule has 3 aromatic rings. The second kappa shape index (κ2) is 7.88. The molecule has 0 aliphatic rings. The molecule has 0 radical (unpaired) electrons. The summed E-state index contributed by atoms with van der Waals surface area (Å²) in [6.45, 7) is 6.95. The first-order valence-corrected chi connectivity index (χ1v) is 9.57. The molecule has 9 heteroatoms. The van der Waals surface area contributed by atoms with E-state index in [4.69, 9.17) is 23.2 Å². The maximum Gasteiger partial charge on any atom is 0.329 e. The largest absolute Gasteiger partial charge is 0.329 e. The van der Waals surface area contributed by atoms with Crippen LogP contribution in [0, 0.1) is 0 Å². The van der Waals surface area contributed by atoms with Gasteiger partial charge in [-0.2, -0.15) is 0 Å². The number of fused-ring (bicyclic) bond motifs is 1. The number of aromatic nitrogens is 4. The van der Waals surface area contributed by atoms with Crippen molar-refractivity contribution in [3.63, 3.8) is 0 Å². The van der Waals surface area contributed by atoms with Gasteiger partial charge in [-0.15, -0.1) is 0 Å². The van der Waals surface area contributed by atoms with Crippen LogP contribution in [0.5, 0.6) is 0 Å². The molecule has 0 unspecified atom stereocenters. The summed E-state index contributed by atoms with van der Waals surface area (Å²) < 4.78 is 3.16. The Kier molecular flexibility index (Phi) is 5.74. The third-order valence-electron chi connectivity index (χ3n) is 4.87. The van der Waals surface area contributed by atoms with Gasteiger partial charge in [0.2, 0.25) is 0 Å². The number of halogens is 2. The highest BCUT2D eigenvalue weighted by Crippen LogP contribution is 2.26. The smallest absolute Gasteiger partial charge is 0.329 e. The molecule has 0 fully saturated rings. The average molecular weight is 411 g/mol. The Hall–Kier alpha value is -2.09. The van der Waals surface area contributed by atoms with Gasteiger partial charge in [0.1, 0.15) is 6.54 Å². The van der Waals surface area contributed by atoms with Crippen molar-refractivity contribution in [1.82, 2.24) is 19.1 Å². The highest BCUT2D eigenvalue weighted by Gasteiger charge is 2.21. The molecule has 27 heavy (non-hydrogen) atoms. The standard InChI is InChI=1S/C18H21Cl2N5O2/c1-4-24(5-2)10-14-21-16-15(17(26)22-18(27)23(16)3)25(14)9-11-12(19)7-6-8-13(11)20/h6-8H,4-5,9-10H2,1-3H3,(H,22,26,27)/p+1. The van der Waals surface area contributed by atoms with Crippen LogP contribution in [0.15, 0.2) is 27.8 Å². The Labute approximate surface area is 166 Å². The van der Waals surface area contributed by atoms with Gasteiger partial charge in [-0.3, -0.25) is 14.3 Å². The van der Waals surface area contributed by atoms with Crippen LogP contribution in [-0.2, 0) is 20.1 Å². The second-order valence-electron chi connectivity index (χ2n) is 6.44. The van der Waals surface area contributed by atoms with Crippen molar-refractivity contribution in [3.8, 4) is 0 Å². The van der Waals surface area contributed by atoms with Crippen LogP contribution >= 0.6 is 23.2 Å². The molecule has 144 valence electrons. The van der Waals surface area contributed by atoms with Crippen molar-refractivity contribution >= 4 is 34.4 Å². The molecule has 0 aliphatic carbocycles. The lowest BCUT2D eigenvalue weighted by atomic mass is 10.2. The summed E-state index contributed by atoms with van der Waals surface area (Å²) in [6.07, 6.45) is 0. The van der Waals surface area contributed by atoms with Gasteiger partial charge >= 0.3 is 5.69 Å². The molecule has 0 bridgehead atoms. The minimum atomic E-state index is -0.491. The molecule has 0 amide bonds. The zero-order valence-corrected chi connectivity index (χ0v) is 17.0. The Morgan fingerprint density at radius 1 is 1.15 bits per heavy atom. The second-order valence-corrected chi connectivity index (χ2v) is 7.25. The molecule has 0 atom stereocenters. The Morgan fingerprint density at radius 2 is 1.78 bits per heavy atom. The van der Waals surface area contributed by atoms with Crippen molar-refractivity contribution in [1.29, 1.82) is 0 Å². The molecule has 2 aromatic heterocycles. The summed E-state index contributed by atoms with van der Waals surface area (Å²) in [5, 5.41) is 1.04. The number of rotatable bonds is 6. The summed E-state index contributed by atoms with van der Waals surface area (Å²) >= 11 is 12.7. The minimum absolute atomic E-state index is 0.298. The fraction of sp³-hybridized carbons (Fsp3) is 0.389. The quantitative estimate of drug-likeness (QED) is 0.640. The normalized spacial score (nSPS) is 11.6. The Morgan fingerprint density at radius 3 is 2.37 bits per heavy atom. The molecule has 0 saturated heterocycles. The summed E-state index contributed by atoms with van der Waals surface area (Å²) in [5.74, 6) is 0.714. The van der Waals surface area contributed by atoms with Gasteiger partial charge in [0.25, 0.3) is 5.56 Å². The van der Waals surface area contributed by atoms with E-state index < -0.39 is 11.2 Å². The highest BCUT2D eigenvalue weighted by atomic mass is 35.5. The van der Waals surface area contributed by atoms with Crippen LogP contribution < -0.4 is 16.1 Å². The summed E-state index contributed by atoms with van der Waals surface area (Å²) in [7, 11) is 1.59. The Bertz CT molecular complexity index is 1080. The SMILES string of the molecule is CC[NH+](CC)Cc1nc2c(c(=O)[nH]c(=O)n2C)n1Cc1c(Cl)cccc1Cl. The van der Waals surface area contributed by atoms with Crippen LogP contribution in [0.2, 0.25) is 10.0 Å². The van der Waals surface area contributed by atoms with Gasteiger partial charge in [0.05, 0.1) is 19.6 Å². The predicted molar refractivity (Wildman–Crippen MR) is 107 cm³/mol. The maximum absolute atomic E-state index is 12.6. The van der Waals surface area contributed by atoms with Crippen LogP contribution in [0.1, 0.15) is 25.2 Å². The van der Waals surface area contributed by atoms with Crippen molar-refractivity contribution in [2.45, 2.75) is 26.9 Å². The minimum Gasteiger partial charge on any atom is -0.329 e. The average Bonchev–Trinajstić information content (AvgIpc) is 2.99. The van der Waals surface area contributed by atoms with Gasteiger partial charge in [-0.25, -0.2) is 9.78 Å². The van der Waals surface area contributed by atoms with Crippen LogP contribution in [-0.4, -0.2) is 32.2 Å². The zero-order chi connectivity index (χ0) is 19.7. The number of benzene rings is 1. The van der Waals surface area contributed by atoms with Gasteiger partial charge < -0.3 is 9.47 Å². The van der Waals surface area contributed by atoms with Gasteiger partial charge in [0.15, 0.2) is 17.0 Å². The zero-order valence-electron chi connectivity index (χ0n) is 15.5. The molecule has 0 spiro atoms. The van der Waals surface area contributed by atoms with Gasteiger partial charge in [-0.1, -0.05) is 29.3 Å². The van der Waals surface area contributed by atoms with E-state index in [1.165, 1.54) is 9.47 Å². The first-order valence-electron chi connectivity index (χ1n) is 8.82. The number of nitrogens with zero attached hydrogens (tertiary/aromatic N) is 3. The van der Waals surface area contributed by atoms with Crippen LogP contribution in [0.25, 0.3) is 11.2 Å². The van der Waals surface area contributed by atoms with E-state index in [0.717, 1.165) is 13.1 Å². The number of aromatic amines is 1. The molecule has 0 aliphatic heterocycles. The lowest BCUT2D eigenvalue weighted by molar-refractivity contribution is -0.911. The lowest BCUT2D eigenvalue weighted by Crippen LogP contribution is -3.10. The van der Waals surface area contributed by atoms with E-state index in [-0.39, 0.29) is 0 Å². The molecule has 0 saturated carbocycles. The Balaban J connectivity index is 2.26. The molecule has 3 rings (SSSR count). The first kappa shape index (κ1) is 19.7. The summed E-state index contributed by atoms with van der Waals surface area (Å²) in [4.78, 5) is 32.8. The number of aryl methyl sites for hydroxylation is 1. The highest BCUT2D eigenvalue weighted by molar-refractivity contribution is 6.36. The molecular weight excluding hydrogens is 389 g/mol. The fourth-order valence-electron chi connectivity index (χ4n) is 3.15. The van der Waals surface area contributed by atoms with E-state index in [9.17, 15) is 9.59 Å². The van der Waals surface area contributed by atoms with E-state index in [1.54, 1.807) is 25.2 Å². The number of H-pyrrole nitrogens is 1. The molecule has 7 nitrogen and oxygen atoms in total. The molecular formula is C18H22Cl2N5O2+. The van der Waals surface area contributed by atoms with E-state index in [0.29, 0.717) is 45.7 Å². The number of nitrogens with one attached hydrogen (secondary N) is 2. The maximum atomic E-state index is 12.6. The number of hydrogen-bond acceptors (Lipinski definition) is 3. The lowest BCUT2D eigenvalue weighted by Gasteiger charge is -2.17.